The summed E-state index contributed by atoms with van der Waals surface area (Å²) in [5, 5.41) is 37.6. The Labute approximate surface area is 141 Å². The second-order valence-corrected chi connectivity index (χ2v) is 5.67. The number of fused-ring (bicyclic) bond motifs is 1. The van der Waals surface area contributed by atoms with Crippen molar-refractivity contribution < 1.29 is 29.7 Å². The van der Waals surface area contributed by atoms with Gasteiger partial charge in [0.05, 0.1) is 25.1 Å². The quantitative estimate of drug-likeness (QED) is 0.439. The zero-order chi connectivity index (χ0) is 18.1. The molecule has 0 aromatic carbocycles. The summed E-state index contributed by atoms with van der Waals surface area (Å²) in [6, 6.07) is -0.613. The molecule has 136 valence electrons. The Balaban J connectivity index is 1.87. The van der Waals surface area contributed by atoms with Crippen molar-refractivity contribution in [3.8, 4) is 0 Å². The summed E-state index contributed by atoms with van der Waals surface area (Å²) >= 11 is 0. The number of rotatable bonds is 5. The molecule has 2 aromatic rings. The van der Waals surface area contributed by atoms with E-state index in [4.69, 9.17) is 15.0 Å². The van der Waals surface area contributed by atoms with E-state index in [1.165, 1.54) is 17.2 Å². The van der Waals surface area contributed by atoms with Crippen molar-refractivity contribution in [2.75, 3.05) is 13.2 Å². The van der Waals surface area contributed by atoms with Crippen molar-refractivity contribution in [3.63, 3.8) is 0 Å². The minimum Gasteiger partial charge on any atom is -0.463 e. The van der Waals surface area contributed by atoms with Gasteiger partial charge >= 0.3 is 5.97 Å². The standard InChI is InChI=1S/C14H19N5O6/c1-2-24-9(21)4-25-19-6-17-14-10(13(19)15)16-5-18(14)7-3-8(20)12(23)11(7)22/h5-8,11-12,15,20,22-23H,2-4H2,1H3/t7-,8+,11+,12-/m1/s1. The highest BCUT2D eigenvalue weighted by Crippen LogP contribution is 2.32. The summed E-state index contributed by atoms with van der Waals surface area (Å²) in [6.45, 7) is 1.52. The van der Waals surface area contributed by atoms with Crippen molar-refractivity contribution in [3.05, 3.63) is 18.1 Å². The largest absolute Gasteiger partial charge is 0.463 e. The molecule has 4 atom stereocenters. The molecule has 0 aliphatic heterocycles. The molecule has 1 aliphatic carbocycles. The molecule has 0 bridgehead atoms. The Hall–Kier alpha value is -2.50. The Kier molecular flexibility index (Phi) is 4.70. The van der Waals surface area contributed by atoms with Gasteiger partial charge in [-0.2, -0.15) is 4.73 Å². The van der Waals surface area contributed by atoms with Crippen molar-refractivity contribution in [1.29, 1.82) is 5.41 Å². The van der Waals surface area contributed by atoms with Crippen LogP contribution >= 0.6 is 0 Å². The van der Waals surface area contributed by atoms with Crippen LogP contribution in [0.25, 0.3) is 11.2 Å². The van der Waals surface area contributed by atoms with Gasteiger partial charge in [-0.25, -0.2) is 14.8 Å². The highest BCUT2D eigenvalue weighted by molar-refractivity contribution is 5.71. The van der Waals surface area contributed by atoms with Crippen LogP contribution in [0, 0.1) is 5.41 Å². The number of carbonyl (C=O) groups is 1. The van der Waals surface area contributed by atoms with Crippen LogP contribution in [-0.4, -0.2) is 72.1 Å². The van der Waals surface area contributed by atoms with Gasteiger partial charge in [0.25, 0.3) is 0 Å². The van der Waals surface area contributed by atoms with Gasteiger partial charge in [0.1, 0.15) is 18.5 Å². The molecule has 2 aromatic heterocycles. The van der Waals surface area contributed by atoms with Crippen molar-refractivity contribution >= 4 is 17.1 Å². The van der Waals surface area contributed by atoms with Gasteiger partial charge in [-0.15, -0.1) is 0 Å². The molecule has 0 amide bonds. The summed E-state index contributed by atoms with van der Waals surface area (Å²) in [7, 11) is 0. The van der Waals surface area contributed by atoms with E-state index in [0.29, 0.717) is 5.65 Å². The topological polar surface area (TPSA) is 156 Å². The van der Waals surface area contributed by atoms with Gasteiger partial charge in [0.2, 0.25) is 6.61 Å². The number of hydrogen-bond donors (Lipinski definition) is 4. The van der Waals surface area contributed by atoms with Gasteiger partial charge in [-0.05, 0) is 13.3 Å². The number of nitrogens with one attached hydrogen (secondary N) is 1. The number of esters is 1. The normalized spacial score (nSPS) is 26.1. The molecule has 0 spiro atoms. The fraction of sp³-hybridized carbons (Fsp3) is 0.571. The molecule has 0 radical (unpaired) electrons. The maximum absolute atomic E-state index is 11.3. The summed E-state index contributed by atoms with van der Waals surface area (Å²) in [5.41, 5.74) is 0.349. The fourth-order valence-corrected chi connectivity index (χ4v) is 2.84. The first-order valence-corrected chi connectivity index (χ1v) is 7.76. The first-order chi connectivity index (χ1) is 11.9. The number of aliphatic hydroxyl groups is 3. The molecule has 1 aliphatic rings. The number of aliphatic hydroxyl groups excluding tert-OH is 3. The SMILES string of the molecule is CCOC(=O)COn1cnc2c(ncn2[C@@H]2C[C@H](O)[C@@H](O)[C@H]2O)c1=N. The molecule has 1 saturated carbocycles. The van der Waals surface area contributed by atoms with E-state index in [0.717, 1.165) is 4.73 Å². The number of imidazole rings is 1. The Morgan fingerprint density at radius 3 is 2.72 bits per heavy atom. The minimum atomic E-state index is -1.25. The molecule has 4 N–H and O–H groups in total. The van der Waals surface area contributed by atoms with Crippen LogP contribution in [0.15, 0.2) is 12.7 Å². The zero-order valence-corrected chi connectivity index (χ0v) is 13.4. The van der Waals surface area contributed by atoms with E-state index < -0.39 is 30.3 Å². The maximum atomic E-state index is 11.3. The zero-order valence-electron chi connectivity index (χ0n) is 13.4. The second-order valence-electron chi connectivity index (χ2n) is 5.67. The third-order valence-electron chi connectivity index (χ3n) is 4.10. The second kappa shape index (κ2) is 6.78. The smallest absolute Gasteiger partial charge is 0.346 e. The number of aromatic nitrogens is 4. The van der Waals surface area contributed by atoms with Crippen molar-refractivity contribution in [1.82, 2.24) is 19.3 Å². The Bertz CT molecular complexity index is 833. The molecular weight excluding hydrogens is 334 g/mol. The molecule has 1 fully saturated rings. The molecule has 11 heteroatoms. The third kappa shape index (κ3) is 3.08. The van der Waals surface area contributed by atoms with Gasteiger partial charge < -0.3 is 29.5 Å². The number of ether oxygens (including phenoxy) is 1. The van der Waals surface area contributed by atoms with E-state index in [-0.39, 0.29) is 30.6 Å². The van der Waals surface area contributed by atoms with Crippen LogP contribution in [0.4, 0.5) is 0 Å². The molecule has 0 unspecified atom stereocenters. The summed E-state index contributed by atoms with van der Waals surface area (Å²) in [4.78, 5) is 24.7. The van der Waals surface area contributed by atoms with Crippen LogP contribution in [0.1, 0.15) is 19.4 Å². The van der Waals surface area contributed by atoms with E-state index in [1.807, 2.05) is 0 Å². The average molecular weight is 353 g/mol. The molecule has 2 heterocycles. The first-order valence-electron chi connectivity index (χ1n) is 7.76. The molecule has 25 heavy (non-hydrogen) atoms. The summed E-state index contributed by atoms with van der Waals surface area (Å²) in [6.07, 6.45) is -0.748. The highest BCUT2D eigenvalue weighted by Gasteiger charge is 2.42. The van der Waals surface area contributed by atoms with Crippen LogP contribution < -0.4 is 10.3 Å². The number of carbonyl (C=O) groups excluding carboxylic acids is 1. The van der Waals surface area contributed by atoms with Crippen LogP contribution in [0.5, 0.6) is 0 Å². The van der Waals surface area contributed by atoms with Crippen LogP contribution in [0.3, 0.4) is 0 Å². The predicted molar refractivity (Wildman–Crippen MR) is 81.1 cm³/mol. The van der Waals surface area contributed by atoms with Crippen LogP contribution in [-0.2, 0) is 9.53 Å². The first kappa shape index (κ1) is 17.3. The van der Waals surface area contributed by atoms with Gasteiger partial charge in [0.15, 0.2) is 16.7 Å². The third-order valence-corrected chi connectivity index (χ3v) is 4.10. The van der Waals surface area contributed by atoms with E-state index in [9.17, 15) is 20.1 Å². The monoisotopic (exact) mass is 353 g/mol. The molecule has 3 rings (SSSR count). The van der Waals surface area contributed by atoms with Gasteiger partial charge in [-0.3, -0.25) is 5.41 Å². The fourth-order valence-electron chi connectivity index (χ4n) is 2.84. The average Bonchev–Trinajstić information content (AvgIpc) is 3.12. The van der Waals surface area contributed by atoms with E-state index in [2.05, 4.69) is 9.97 Å². The van der Waals surface area contributed by atoms with Gasteiger partial charge in [-0.1, -0.05) is 0 Å². The predicted octanol–water partition coefficient (Wildman–Crippen LogP) is -2.27. The lowest BCUT2D eigenvalue weighted by molar-refractivity contribution is -0.148. The highest BCUT2D eigenvalue weighted by atomic mass is 16.7. The van der Waals surface area contributed by atoms with E-state index >= 15 is 0 Å². The van der Waals surface area contributed by atoms with Crippen molar-refractivity contribution in [2.24, 2.45) is 0 Å². The maximum Gasteiger partial charge on any atom is 0.346 e. The van der Waals surface area contributed by atoms with Gasteiger partial charge in [0, 0.05) is 0 Å². The Morgan fingerprint density at radius 2 is 2.08 bits per heavy atom. The van der Waals surface area contributed by atoms with E-state index in [1.54, 1.807) is 6.92 Å². The molecule has 0 saturated heterocycles. The molecular formula is C14H19N5O6. The lowest BCUT2D eigenvalue weighted by atomic mass is 10.2. The lowest BCUT2D eigenvalue weighted by Crippen LogP contribution is -2.32. The number of nitrogens with zero attached hydrogens (tertiary/aromatic N) is 4. The van der Waals surface area contributed by atoms with Crippen molar-refractivity contribution in [2.45, 2.75) is 37.7 Å². The van der Waals surface area contributed by atoms with Crippen LogP contribution in [0.2, 0.25) is 0 Å². The summed E-state index contributed by atoms with van der Waals surface area (Å²) in [5.74, 6) is -0.572. The molecule has 11 nitrogen and oxygen atoms in total. The summed E-state index contributed by atoms with van der Waals surface area (Å²) < 4.78 is 7.24. The number of hydrogen-bond acceptors (Lipinski definition) is 9. The minimum absolute atomic E-state index is 0.136. The lowest BCUT2D eigenvalue weighted by Gasteiger charge is -2.17. The Morgan fingerprint density at radius 1 is 1.32 bits per heavy atom.